The molecule has 0 aromatic rings. The van der Waals surface area contributed by atoms with Crippen molar-refractivity contribution in [2.75, 3.05) is 38.2 Å². The van der Waals surface area contributed by atoms with Gasteiger partial charge in [-0.25, -0.2) is 0 Å². The van der Waals surface area contributed by atoms with Crippen molar-refractivity contribution in [2.45, 2.75) is 231 Å². The van der Waals surface area contributed by atoms with Gasteiger partial charge in [-0.15, -0.1) is 0 Å². The van der Waals surface area contributed by atoms with Gasteiger partial charge in [-0.2, -0.15) is 47.0 Å². The number of thioether (sulfide) groups is 4. The summed E-state index contributed by atoms with van der Waals surface area (Å²) in [6, 6.07) is -0.976. The minimum Gasteiger partial charge on any atom is -0.394 e. The Morgan fingerprint density at radius 3 is 1.52 bits per heavy atom. The molecule has 7 N–H and O–H groups in total. The third-order valence-corrected chi connectivity index (χ3v) is 16.8. The summed E-state index contributed by atoms with van der Waals surface area (Å²) < 4.78 is 11.5. The molecule has 1 heterocycles. The maximum Gasteiger partial charge on any atom is 0.249 e. The SMILES string of the molecule is CCCCCCCCCCCCCC[C@@H](O)C(=O)N[C@@H](CO[C@@H]1O[C@H](CO)[C@@H](O)[C@H](O)[C@H]1O)[C@H](O)C(SC)C(CCC(SC)C(CCCCCCCCC)SC)SC. The molecule has 1 amide bonds. The van der Waals surface area contributed by atoms with Crippen molar-refractivity contribution >= 4 is 53.0 Å². The van der Waals surface area contributed by atoms with Crippen molar-refractivity contribution in [3.8, 4) is 0 Å². The van der Waals surface area contributed by atoms with Gasteiger partial charge >= 0.3 is 0 Å². The number of amides is 1. The minimum atomic E-state index is -1.62. The van der Waals surface area contributed by atoms with Crippen LogP contribution in [0, 0.1) is 0 Å². The van der Waals surface area contributed by atoms with Crippen LogP contribution in [0.2, 0.25) is 0 Å². The molecule has 0 bridgehead atoms. The van der Waals surface area contributed by atoms with Gasteiger partial charge in [-0.3, -0.25) is 4.79 Å². The molecule has 1 rings (SSSR count). The van der Waals surface area contributed by atoms with Gasteiger partial charge in [0.05, 0.1) is 25.4 Å². The molecule has 0 spiro atoms. The third kappa shape index (κ3) is 22.8. The fourth-order valence-corrected chi connectivity index (χ4v) is 12.6. The van der Waals surface area contributed by atoms with Gasteiger partial charge in [0.2, 0.25) is 5.91 Å². The van der Waals surface area contributed by atoms with Crippen LogP contribution in [0.1, 0.15) is 162 Å². The van der Waals surface area contributed by atoms with Gasteiger partial charge in [-0.05, 0) is 50.7 Å². The van der Waals surface area contributed by atoms with Gasteiger partial charge in [0, 0.05) is 21.0 Å². The van der Waals surface area contributed by atoms with Gasteiger partial charge < -0.3 is 45.4 Å². The monoisotopic (exact) mass is 902 g/mol. The van der Waals surface area contributed by atoms with E-state index in [1.54, 1.807) is 11.8 Å². The second kappa shape index (κ2) is 35.9. The zero-order valence-electron chi connectivity index (χ0n) is 37.1. The molecule has 1 saturated heterocycles. The van der Waals surface area contributed by atoms with E-state index in [0.717, 1.165) is 38.5 Å². The average Bonchev–Trinajstić information content (AvgIpc) is 3.23. The van der Waals surface area contributed by atoms with E-state index in [1.165, 1.54) is 114 Å². The number of hydrogen-bond acceptors (Lipinski definition) is 13. The first-order valence-electron chi connectivity index (χ1n) is 22.7. The van der Waals surface area contributed by atoms with Crippen molar-refractivity contribution in [3.63, 3.8) is 0 Å². The predicted octanol–water partition coefficient (Wildman–Crippen LogP) is 7.95. The molecule has 12 atom stereocenters. The summed E-state index contributed by atoms with van der Waals surface area (Å²) in [5, 5.41) is 67.5. The van der Waals surface area contributed by atoms with Crippen LogP contribution in [0.5, 0.6) is 0 Å². The number of hydrogen-bond donors (Lipinski definition) is 7. The fourth-order valence-electron chi connectivity index (χ4n) is 7.92. The first kappa shape index (κ1) is 56.6. The van der Waals surface area contributed by atoms with Crippen molar-refractivity contribution in [1.82, 2.24) is 5.32 Å². The van der Waals surface area contributed by atoms with Crippen molar-refractivity contribution in [2.24, 2.45) is 0 Å². The molecule has 10 nitrogen and oxygen atoms in total. The Balaban J connectivity index is 2.91. The average molecular weight is 902 g/mol. The summed E-state index contributed by atoms with van der Waals surface area (Å²) in [4.78, 5) is 13.5. The highest BCUT2D eigenvalue weighted by Crippen LogP contribution is 2.35. The number of aliphatic hydroxyl groups is 6. The van der Waals surface area contributed by atoms with E-state index in [9.17, 15) is 35.4 Å². The summed E-state index contributed by atoms with van der Waals surface area (Å²) in [5.74, 6) is -0.597. The van der Waals surface area contributed by atoms with Crippen LogP contribution in [0.3, 0.4) is 0 Å². The molecular weight excluding hydrogens is 815 g/mol. The first-order chi connectivity index (χ1) is 28.0. The molecule has 58 heavy (non-hydrogen) atoms. The van der Waals surface area contributed by atoms with E-state index < -0.39 is 61.5 Å². The number of carbonyl (C=O) groups excluding carboxylic acids is 1. The van der Waals surface area contributed by atoms with Crippen molar-refractivity contribution < 1.29 is 44.9 Å². The molecule has 0 aliphatic carbocycles. The summed E-state index contributed by atoms with van der Waals surface area (Å²) in [6.07, 6.45) is 25.4. The smallest absolute Gasteiger partial charge is 0.249 e. The maximum atomic E-state index is 13.5. The Labute approximate surface area is 371 Å². The summed E-state index contributed by atoms with van der Waals surface area (Å²) in [6.45, 7) is 3.60. The number of ether oxygens (including phenoxy) is 2. The van der Waals surface area contributed by atoms with Crippen LogP contribution in [-0.2, 0) is 14.3 Å². The summed E-state index contributed by atoms with van der Waals surface area (Å²) in [7, 11) is 0. The lowest BCUT2D eigenvalue weighted by molar-refractivity contribution is -0.302. The molecule has 0 saturated carbocycles. The Kier molecular flexibility index (Phi) is 35.1. The van der Waals surface area contributed by atoms with Crippen LogP contribution in [-0.4, -0.2) is 145 Å². The second-order valence-corrected chi connectivity index (χ2v) is 20.6. The van der Waals surface area contributed by atoms with Crippen molar-refractivity contribution in [1.29, 1.82) is 0 Å². The van der Waals surface area contributed by atoms with E-state index in [4.69, 9.17) is 9.47 Å². The quantitative estimate of drug-likeness (QED) is 0.0299. The van der Waals surface area contributed by atoms with Gasteiger partial charge in [0.25, 0.3) is 0 Å². The number of aliphatic hydroxyl groups excluding tert-OH is 6. The number of unbranched alkanes of at least 4 members (excludes halogenated alkanes) is 17. The normalized spacial score (nSPS) is 23.6. The van der Waals surface area contributed by atoms with E-state index in [1.807, 2.05) is 29.8 Å². The van der Waals surface area contributed by atoms with E-state index >= 15 is 0 Å². The van der Waals surface area contributed by atoms with Crippen LogP contribution in [0.4, 0.5) is 0 Å². The molecule has 0 radical (unpaired) electrons. The molecule has 0 aromatic heterocycles. The second-order valence-electron chi connectivity index (χ2n) is 16.3. The number of nitrogens with one attached hydrogen (secondary N) is 1. The Morgan fingerprint density at radius 2 is 1.05 bits per heavy atom. The van der Waals surface area contributed by atoms with E-state index in [-0.39, 0.29) is 17.1 Å². The topological polar surface area (TPSA) is 169 Å². The highest BCUT2D eigenvalue weighted by Gasteiger charge is 2.45. The summed E-state index contributed by atoms with van der Waals surface area (Å²) in [5.41, 5.74) is 0. The Bertz CT molecular complexity index is 976. The molecule has 1 fully saturated rings. The van der Waals surface area contributed by atoms with Gasteiger partial charge in [-0.1, -0.05) is 136 Å². The molecule has 0 aromatic carbocycles. The Hall–Kier alpha value is 0.550. The van der Waals surface area contributed by atoms with Crippen LogP contribution in [0.15, 0.2) is 0 Å². The molecule has 4 unspecified atom stereocenters. The lowest BCUT2D eigenvalue weighted by Gasteiger charge is -2.40. The lowest BCUT2D eigenvalue weighted by Crippen LogP contribution is -2.60. The third-order valence-electron chi connectivity index (χ3n) is 11.8. The van der Waals surface area contributed by atoms with Gasteiger partial charge in [0.15, 0.2) is 6.29 Å². The predicted molar refractivity (Wildman–Crippen MR) is 250 cm³/mol. The number of rotatable bonds is 38. The van der Waals surface area contributed by atoms with Gasteiger partial charge in [0.1, 0.15) is 30.5 Å². The summed E-state index contributed by atoms with van der Waals surface area (Å²) >= 11 is 7.10. The minimum absolute atomic E-state index is 0.0540. The standard InChI is InChI=1S/C44H87NO9S4/c1-7-9-11-13-15-16-17-18-19-21-22-24-26-33(47)43(52)45-32(31-53-44-41(51)40(50)39(49)34(30-46)54-44)38(48)42(58-6)37(57-5)29-28-36(56-4)35(55-3)27-25-23-20-14-12-10-8-2/h32-42,44,46-51H,7-31H2,1-6H3,(H,45,52)/t32-,33+,34+,35?,36?,37?,38-,39+,40-,41+,42?,44+/m0/s1. The zero-order chi connectivity index (χ0) is 43.1. The molecular formula is C44H87NO9S4. The van der Waals surface area contributed by atoms with Crippen LogP contribution < -0.4 is 5.32 Å². The highest BCUT2D eigenvalue weighted by atomic mass is 32.2. The fraction of sp³-hybridized carbons (Fsp3) is 0.977. The highest BCUT2D eigenvalue weighted by molar-refractivity contribution is 8.03. The first-order valence-corrected chi connectivity index (χ1v) is 27.9. The molecule has 346 valence electrons. The zero-order valence-corrected chi connectivity index (χ0v) is 40.4. The molecule has 14 heteroatoms. The van der Waals surface area contributed by atoms with E-state index in [0.29, 0.717) is 16.9 Å². The number of carbonyl (C=O) groups is 1. The van der Waals surface area contributed by atoms with Crippen LogP contribution >= 0.6 is 47.0 Å². The molecule has 1 aliphatic rings. The largest absolute Gasteiger partial charge is 0.394 e. The maximum absolute atomic E-state index is 13.5. The molecule has 1 aliphatic heterocycles. The van der Waals surface area contributed by atoms with E-state index in [2.05, 4.69) is 37.9 Å². The van der Waals surface area contributed by atoms with Crippen LogP contribution in [0.25, 0.3) is 0 Å². The van der Waals surface area contributed by atoms with Crippen molar-refractivity contribution in [3.05, 3.63) is 0 Å². The lowest BCUT2D eigenvalue weighted by atomic mass is 9.98. The Morgan fingerprint density at radius 1 is 0.603 bits per heavy atom.